The highest BCUT2D eigenvalue weighted by atomic mass is 19.4. The second-order valence-corrected chi connectivity index (χ2v) is 4.09. The Morgan fingerprint density at radius 3 is 2.52 bits per heavy atom. The number of hydrogen-bond donors (Lipinski definition) is 1. The molecule has 1 aromatic carbocycles. The van der Waals surface area contributed by atoms with E-state index >= 15 is 0 Å². The third-order valence-electron chi connectivity index (χ3n) is 2.66. The molecule has 0 spiro atoms. The Hall–Kier alpha value is -2.51. The van der Waals surface area contributed by atoms with Crippen LogP contribution in [0.15, 0.2) is 30.6 Å². The minimum atomic E-state index is -4.56. The average Bonchev–Trinajstić information content (AvgIpc) is 2.46. The molecule has 0 saturated carbocycles. The molecule has 21 heavy (non-hydrogen) atoms. The van der Waals surface area contributed by atoms with Crippen LogP contribution in [0.4, 0.5) is 17.6 Å². The monoisotopic (exact) mass is 299 g/mol. The van der Waals surface area contributed by atoms with E-state index in [0.717, 1.165) is 12.3 Å². The van der Waals surface area contributed by atoms with Gasteiger partial charge in [0, 0.05) is 17.7 Å². The zero-order valence-corrected chi connectivity index (χ0v) is 10.5. The van der Waals surface area contributed by atoms with Gasteiger partial charge >= 0.3 is 6.18 Å². The number of carbonyl (C=O) groups excluding carboxylic acids is 1. The topological polar surface area (TPSA) is 54.9 Å². The summed E-state index contributed by atoms with van der Waals surface area (Å²) >= 11 is 0. The normalized spacial score (nSPS) is 11.2. The van der Waals surface area contributed by atoms with Crippen LogP contribution >= 0.6 is 0 Å². The molecular formula is C13H9F4N3O. The number of rotatable bonds is 4. The fraction of sp³-hybridized carbons (Fsp3) is 0.154. The number of nitrogens with zero attached hydrogens (tertiary/aromatic N) is 2. The molecule has 1 aromatic heterocycles. The van der Waals surface area contributed by atoms with Crippen molar-refractivity contribution in [2.45, 2.75) is 12.7 Å². The largest absolute Gasteiger partial charge is 0.434 e. The lowest BCUT2D eigenvalue weighted by Crippen LogP contribution is -2.11. The van der Waals surface area contributed by atoms with E-state index < -0.39 is 17.7 Å². The number of hydrogen-bond acceptors (Lipinski definition) is 3. The summed E-state index contributed by atoms with van der Waals surface area (Å²) in [5.74, 6) is -0.534. The maximum absolute atomic E-state index is 13.5. The maximum Gasteiger partial charge on any atom is 0.434 e. The minimum Gasteiger partial charge on any atom is -0.354 e. The van der Waals surface area contributed by atoms with Crippen LogP contribution in [0, 0.1) is 5.82 Å². The van der Waals surface area contributed by atoms with Gasteiger partial charge in [-0.3, -0.25) is 9.78 Å². The Morgan fingerprint density at radius 1 is 1.19 bits per heavy atom. The average molecular weight is 299 g/mol. The van der Waals surface area contributed by atoms with Gasteiger partial charge < -0.3 is 5.32 Å². The van der Waals surface area contributed by atoms with E-state index in [1.807, 2.05) is 0 Å². The molecule has 4 nitrogen and oxygen atoms in total. The molecule has 0 atom stereocenters. The Bertz CT molecular complexity index is 641. The number of halogens is 4. The van der Waals surface area contributed by atoms with E-state index in [0.29, 0.717) is 18.2 Å². The smallest absolute Gasteiger partial charge is 0.354 e. The van der Waals surface area contributed by atoms with Crippen molar-refractivity contribution in [1.82, 2.24) is 15.3 Å². The van der Waals surface area contributed by atoms with Gasteiger partial charge in [0.15, 0.2) is 5.69 Å². The summed E-state index contributed by atoms with van der Waals surface area (Å²) in [6.45, 7) is -0.0305. The SMILES string of the molecule is O=CNCc1cc(-c2cnc(C(F)(F)F)cn2)ccc1F. The van der Waals surface area contributed by atoms with E-state index in [2.05, 4.69) is 15.3 Å². The second-order valence-electron chi connectivity index (χ2n) is 4.09. The number of benzene rings is 1. The zero-order chi connectivity index (χ0) is 15.5. The summed E-state index contributed by atoms with van der Waals surface area (Å²) < 4.78 is 50.6. The molecule has 0 saturated heterocycles. The number of amides is 1. The Labute approximate surface area is 116 Å². The van der Waals surface area contributed by atoms with Gasteiger partial charge in [-0.2, -0.15) is 13.2 Å². The van der Waals surface area contributed by atoms with Gasteiger partial charge in [0.2, 0.25) is 6.41 Å². The summed E-state index contributed by atoms with van der Waals surface area (Å²) in [5, 5.41) is 2.31. The molecule has 0 fully saturated rings. The quantitative estimate of drug-likeness (QED) is 0.697. The predicted molar refractivity (Wildman–Crippen MR) is 65.3 cm³/mol. The lowest BCUT2D eigenvalue weighted by Gasteiger charge is -2.08. The Kier molecular flexibility index (Phi) is 4.15. The molecule has 0 unspecified atom stereocenters. The van der Waals surface area contributed by atoms with Gasteiger partial charge in [0.05, 0.1) is 18.1 Å². The van der Waals surface area contributed by atoms with Crippen molar-refractivity contribution < 1.29 is 22.4 Å². The first kappa shape index (κ1) is 14.9. The summed E-state index contributed by atoms with van der Waals surface area (Å²) in [7, 11) is 0. The van der Waals surface area contributed by atoms with Gasteiger partial charge in [0.25, 0.3) is 0 Å². The number of aromatic nitrogens is 2. The highest BCUT2D eigenvalue weighted by Crippen LogP contribution is 2.28. The Balaban J connectivity index is 2.31. The predicted octanol–water partition coefficient (Wildman–Crippen LogP) is 2.55. The van der Waals surface area contributed by atoms with E-state index in [-0.39, 0.29) is 17.8 Å². The van der Waals surface area contributed by atoms with Crippen LogP contribution in [0.1, 0.15) is 11.3 Å². The zero-order valence-electron chi connectivity index (χ0n) is 10.5. The molecule has 1 heterocycles. The van der Waals surface area contributed by atoms with Gasteiger partial charge in [-0.1, -0.05) is 0 Å². The summed E-state index contributed by atoms with van der Waals surface area (Å²) in [5.41, 5.74) is -0.326. The van der Waals surface area contributed by atoms with Crippen LogP contribution < -0.4 is 5.32 Å². The van der Waals surface area contributed by atoms with Crippen LogP contribution in [0.2, 0.25) is 0 Å². The van der Waals surface area contributed by atoms with Gasteiger partial charge in [-0.15, -0.1) is 0 Å². The fourth-order valence-corrected chi connectivity index (χ4v) is 1.64. The molecule has 0 aliphatic carbocycles. The Morgan fingerprint density at radius 2 is 1.95 bits per heavy atom. The molecule has 8 heteroatoms. The molecule has 2 aromatic rings. The number of nitrogens with one attached hydrogen (secondary N) is 1. The molecule has 2 rings (SSSR count). The molecule has 0 aliphatic rings. The fourth-order valence-electron chi connectivity index (χ4n) is 1.64. The summed E-state index contributed by atoms with van der Waals surface area (Å²) in [6.07, 6.45) is -2.56. The molecule has 0 aliphatic heterocycles. The van der Waals surface area contributed by atoms with Crippen LogP contribution in [-0.2, 0) is 17.5 Å². The van der Waals surface area contributed by atoms with Crippen LogP contribution in [0.25, 0.3) is 11.3 Å². The molecule has 0 radical (unpaired) electrons. The highest BCUT2D eigenvalue weighted by Gasteiger charge is 2.32. The molecule has 1 N–H and O–H groups in total. The lowest BCUT2D eigenvalue weighted by molar-refractivity contribution is -0.141. The number of carbonyl (C=O) groups is 1. The third-order valence-corrected chi connectivity index (χ3v) is 2.66. The van der Waals surface area contributed by atoms with Crippen molar-refractivity contribution in [3.63, 3.8) is 0 Å². The van der Waals surface area contributed by atoms with Gasteiger partial charge in [-0.05, 0) is 18.2 Å². The van der Waals surface area contributed by atoms with Crippen molar-refractivity contribution in [2.24, 2.45) is 0 Å². The molecule has 110 valence electrons. The summed E-state index contributed by atoms with van der Waals surface area (Å²) in [6, 6.07) is 3.91. The van der Waals surface area contributed by atoms with Crippen molar-refractivity contribution in [1.29, 1.82) is 0 Å². The lowest BCUT2D eigenvalue weighted by atomic mass is 10.1. The maximum atomic E-state index is 13.5. The second kappa shape index (κ2) is 5.86. The molecule has 0 bridgehead atoms. The van der Waals surface area contributed by atoms with E-state index in [4.69, 9.17) is 0 Å². The number of alkyl halides is 3. The molecule has 1 amide bonds. The standard InChI is InChI=1S/C13H9F4N3O/c14-10-2-1-8(3-9(10)4-18-7-21)11-5-20-12(6-19-11)13(15,16)17/h1-3,5-7H,4H2,(H,18,21). The van der Waals surface area contributed by atoms with Crippen molar-refractivity contribution in [3.05, 3.63) is 47.7 Å². The highest BCUT2D eigenvalue weighted by molar-refractivity contribution is 5.59. The first-order valence-corrected chi connectivity index (χ1v) is 5.77. The van der Waals surface area contributed by atoms with E-state index in [9.17, 15) is 22.4 Å². The van der Waals surface area contributed by atoms with Crippen molar-refractivity contribution in [2.75, 3.05) is 0 Å². The van der Waals surface area contributed by atoms with E-state index in [1.165, 1.54) is 12.1 Å². The van der Waals surface area contributed by atoms with Crippen molar-refractivity contribution in [3.8, 4) is 11.3 Å². The van der Waals surface area contributed by atoms with Crippen LogP contribution in [-0.4, -0.2) is 16.4 Å². The van der Waals surface area contributed by atoms with Gasteiger partial charge in [0.1, 0.15) is 5.82 Å². The van der Waals surface area contributed by atoms with Crippen molar-refractivity contribution >= 4 is 6.41 Å². The third kappa shape index (κ3) is 3.53. The first-order chi connectivity index (χ1) is 9.91. The van der Waals surface area contributed by atoms with Crippen LogP contribution in [0.3, 0.4) is 0 Å². The van der Waals surface area contributed by atoms with Gasteiger partial charge in [-0.25, -0.2) is 9.37 Å². The minimum absolute atomic E-state index is 0.0305. The van der Waals surface area contributed by atoms with E-state index in [1.54, 1.807) is 0 Å². The summed E-state index contributed by atoms with van der Waals surface area (Å²) in [4.78, 5) is 17.2. The van der Waals surface area contributed by atoms with Crippen LogP contribution in [0.5, 0.6) is 0 Å². The first-order valence-electron chi connectivity index (χ1n) is 5.77. The molecular weight excluding hydrogens is 290 g/mol.